The van der Waals surface area contributed by atoms with Gasteiger partial charge in [0.05, 0.1) is 13.7 Å². The first kappa shape index (κ1) is 17.6. The summed E-state index contributed by atoms with van der Waals surface area (Å²) in [5, 5.41) is 0. The van der Waals surface area contributed by atoms with Crippen molar-refractivity contribution in [3.05, 3.63) is 72.1 Å². The van der Waals surface area contributed by atoms with Gasteiger partial charge in [0.25, 0.3) is 0 Å². The number of methoxy groups -OCH3 is 1. The maximum absolute atomic E-state index is 13.2. The van der Waals surface area contributed by atoms with Crippen LogP contribution in [0.1, 0.15) is 5.56 Å². The molecule has 1 aromatic carbocycles. The average molecular weight is 358 g/mol. The molecule has 0 radical (unpaired) electrons. The second-order valence-corrected chi connectivity index (χ2v) is 5.28. The second-order valence-electron chi connectivity index (χ2n) is 5.28. The average Bonchev–Trinajstić information content (AvgIpc) is 2.63. The molecule has 134 valence electrons. The third-order valence-electron chi connectivity index (χ3n) is 3.46. The highest BCUT2D eigenvalue weighted by Gasteiger charge is 2.09. The monoisotopic (exact) mass is 358 g/mol. The van der Waals surface area contributed by atoms with E-state index >= 15 is 0 Å². The molecule has 0 saturated carbocycles. The Kier molecular flexibility index (Phi) is 5.58. The van der Waals surface area contributed by atoms with Crippen LogP contribution in [0.15, 0.2) is 54.6 Å². The third-order valence-corrected chi connectivity index (χ3v) is 3.46. The minimum Gasteiger partial charge on any atom is -0.493 e. The Morgan fingerprint density at radius 1 is 0.846 bits per heavy atom. The lowest BCUT2D eigenvalue weighted by Crippen LogP contribution is -2.03. The number of benzene rings is 1. The van der Waals surface area contributed by atoms with Crippen molar-refractivity contribution in [2.45, 2.75) is 6.42 Å². The van der Waals surface area contributed by atoms with Crippen LogP contribution < -0.4 is 14.2 Å². The minimum absolute atomic E-state index is 0.136. The molecule has 2 heterocycles. The Hall–Kier alpha value is -3.22. The van der Waals surface area contributed by atoms with Gasteiger partial charge in [0.2, 0.25) is 23.7 Å². The van der Waals surface area contributed by atoms with Gasteiger partial charge in [-0.2, -0.15) is 18.7 Å². The van der Waals surface area contributed by atoms with Gasteiger partial charge in [0, 0.05) is 18.6 Å². The van der Waals surface area contributed by atoms with Crippen LogP contribution in [0.3, 0.4) is 0 Å². The predicted molar refractivity (Wildman–Crippen MR) is 90.7 cm³/mol. The SMILES string of the molecule is COc1cc(CCOc2cccc(F)n2)ccc1Oc1cccc(F)n1. The van der Waals surface area contributed by atoms with Gasteiger partial charge in [-0.3, -0.25) is 0 Å². The van der Waals surface area contributed by atoms with Crippen LogP contribution in [-0.2, 0) is 6.42 Å². The highest BCUT2D eigenvalue weighted by molar-refractivity contribution is 5.44. The van der Waals surface area contributed by atoms with Crippen molar-refractivity contribution >= 4 is 0 Å². The summed E-state index contributed by atoms with van der Waals surface area (Å²) < 4.78 is 42.5. The second kappa shape index (κ2) is 8.24. The van der Waals surface area contributed by atoms with Crippen molar-refractivity contribution in [2.75, 3.05) is 13.7 Å². The molecule has 5 nitrogen and oxygen atoms in total. The van der Waals surface area contributed by atoms with E-state index in [2.05, 4.69) is 9.97 Å². The zero-order valence-electron chi connectivity index (χ0n) is 14.0. The first-order valence-corrected chi connectivity index (χ1v) is 7.87. The number of ether oxygens (including phenoxy) is 3. The van der Waals surface area contributed by atoms with Crippen molar-refractivity contribution in [1.29, 1.82) is 0 Å². The number of rotatable bonds is 7. The van der Waals surface area contributed by atoms with Crippen LogP contribution in [0, 0.1) is 11.9 Å². The highest BCUT2D eigenvalue weighted by atomic mass is 19.1. The normalized spacial score (nSPS) is 10.4. The number of hydrogen-bond donors (Lipinski definition) is 0. The molecule has 0 aliphatic rings. The molecule has 0 fully saturated rings. The molecule has 3 rings (SSSR count). The molecule has 0 aliphatic carbocycles. The number of pyridine rings is 2. The summed E-state index contributed by atoms with van der Waals surface area (Å²) >= 11 is 0. The van der Waals surface area contributed by atoms with Crippen LogP contribution in [0.25, 0.3) is 0 Å². The number of halogens is 2. The molecule has 0 saturated heterocycles. The summed E-state index contributed by atoms with van der Waals surface area (Å²) in [5.74, 6) is 0.0583. The van der Waals surface area contributed by atoms with Crippen LogP contribution >= 0.6 is 0 Å². The lowest BCUT2D eigenvalue weighted by Gasteiger charge is -2.11. The molecule has 2 aromatic heterocycles. The predicted octanol–water partition coefficient (Wildman–Crippen LogP) is 4.18. The minimum atomic E-state index is -0.624. The molecule has 0 unspecified atom stereocenters. The third kappa shape index (κ3) is 4.66. The molecule has 0 aliphatic heterocycles. The zero-order valence-corrected chi connectivity index (χ0v) is 14.0. The molecular formula is C19H16F2N2O3. The van der Waals surface area contributed by atoms with E-state index in [1.165, 1.54) is 31.4 Å². The lowest BCUT2D eigenvalue weighted by molar-refractivity contribution is 0.304. The Morgan fingerprint density at radius 2 is 1.54 bits per heavy atom. The van der Waals surface area contributed by atoms with Crippen LogP contribution in [-0.4, -0.2) is 23.7 Å². The Balaban J connectivity index is 1.64. The quantitative estimate of drug-likeness (QED) is 0.593. The van der Waals surface area contributed by atoms with Crippen molar-refractivity contribution in [3.63, 3.8) is 0 Å². The standard InChI is InChI=1S/C19H16F2N2O3/c1-24-15-12-13(10-11-25-18-6-2-4-16(20)22-18)8-9-14(15)26-19-7-3-5-17(21)23-19/h2-9,12H,10-11H2,1H3. The smallest absolute Gasteiger partial charge is 0.222 e. The topological polar surface area (TPSA) is 53.5 Å². The molecule has 7 heteroatoms. The maximum atomic E-state index is 13.2. The summed E-state index contributed by atoms with van der Waals surface area (Å²) in [6, 6.07) is 14.0. The summed E-state index contributed by atoms with van der Waals surface area (Å²) in [6.07, 6.45) is 0.563. The van der Waals surface area contributed by atoms with Gasteiger partial charge in [-0.05, 0) is 29.8 Å². The van der Waals surface area contributed by atoms with Crippen LogP contribution in [0.5, 0.6) is 23.3 Å². The first-order chi connectivity index (χ1) is 12.6. The largest absolute Gasteiger partial charge is 0.493 e. The zero-order chi connectivity index (χ0) is 18.4. The van der Waals surface area contributed by atoms with Gasteiger partial charge in [-0.15, -0.1) is 0 Å². The fraction of sp³-hybridized carbons (Fsp3) is 0.158. The van der Waals surface area contributed by atoms with Gasteiger partial charge in [0.15, 0.2) is 11.5 Å². The molecule has 26 heavy (non-hydrogen) atoms. The van der Waals surface area contributed by atoms with Gasteiger partial charge < -0.3 is 14.2 Å². The van der Waals surface area contributed by atoms with Gasteiger partial charge >= 0.3 is 0 Å². The summed E-state index contributed by atoms with van der Waals surface area (Å²) in [4.78, 5) is 7.29. The lowest BCUT2D eigenvalue weighted by atomic mass is 10.1. The number of aromatic nitrogens is 2. The molecule has 0 atom stereocenters. The molecule has 3 aromatic rings. The Bertz CT molecular complexity index is 890. The van der Waals surface area contributed by atoms with E-state index in [0.29, 0.717) is 24.5 Å². The summed E-state index contributed by atoms with van der Waals surface area (Å²) in [5.41, 5.74) is 0.929. The molecule has 0 amide bonds. The van der Waals surface area contributed by atoms with Crippen molar-refractivity contribution < 1.29 is 23.0 Å². The maximum Gasteiger partial charge on any atom is 0.222 e. The molecule has 0 N–H and O–H groups in total. The van der Waals surface area contributed by atoms with Crippen LogP contribution in [0.4, 0.5) is 8.78 Å². The van der Waals surface area contributed by atoms with E-state index in [-0.39, 0.29) is 11.8 Å². The molecular weight excluding hydrogens is 342 g/mol. The van der Waals surface area contributed by atoms with E-state index in [1.54, 1.807) is 24.3 Å². The summed E-state index contributed by atoms with van der Waals surface area (Å²) in [6.45, 7) is 0.325. The van der Waals surface area contributed by atoms with Crippen molar-refractivity contribution in [1.82, 2.24) is 9.97 Å². The number of hydrogen-bond acceptors (Lipinski definition) is 5. The van der Waals surface area contributed by atoms with E-state index in [1.807, 2.05) is 6.07 Å². The number of nitrogens with zero attached hydrogens (tertiary/aromatic N) is 2. The highest BCUT2D eigenvalue weighted by Crippen LogP contribution is 2.31. The van der Waals surface area contributed by atoms with E-state index < -0.39 is 11.9 Å². The Morgan fingerprint density at radius 3 is 2.23 bits per heavy atom. The van der Waals surface area contributed by atoms with Gasteiger partial charge in [-0.25, -0.2) is 0 Å². The van der Waals surface area contributed by atoms with Gasteiger partial charge in [0.1, 0.15) is 0 Å². The van der Waals surface area contributed by atoms with E-state index in [9.17, 15) is 8.78 Å². The first-order valence-electron chi connectivity index (χ1n) is 7.87. The van der Waals surface area contributed by atoms with Crippen LogP contribution in [0.2, 0.25) is 0 Å². The fourth-order valence-corrected chi connectivity index (χ4v) is 2.25. The fourth-order valence-electron chi connectivity index (χ4n) is 2.25. The van der Waals surface area contributed by atoms with Crippen molar-refractivity contribution in [3.8, 4) is 23.3 Å². The molecule has 0 spiro atoms. The van der Waals surface area contributed by atoms with Gasteiger partial charge in [-0.1, -0.05) is 18.2 Å². The van der Waals surface area contributed by atoms with E-state index in [0.717, 1.165) is 5.56 Å². The molecule has 0 bridgehead atoms. The Labute approximate surface area is 149 Å². The van der Waals surface area contributed by atoms with Crippen molar-refractivity contribution in [2.24, 2.45) is 0 Å². The van der Waals surface area contributed by atoms with E-state index in [4.69, 9.17) is 14.2 Å². The summed E-state index contributed by atoms with van der Waals surface area (Å²) in [7, 11) is 1.51.